The van der Waals surface area contributed by atoms with E-state index in [0.717, 1.165) is 0 Å². The van der Waals surface area contributed by atoms with E-state index in [1.807, 2.05) is 0 Å². The highest BCUT2D eigenvalue weighted by Gasteiger charge is 2.23. The lowest BCUT2D eigenvalue weighted by molar-refractivity contribution is -0.143. The van der Waals surface area contributed by atoms with Crippen LogP contribution in [0.5, 0.6) is 0 Å². The first-order valence-electron chi connectivity index (χ1n) is 4.06. The average molecular weight is 206 g/mol. The summed E-state index contributed by atoms with van der Waals surface area (Å²) in [5.41, 5.74) is -0.792. The number of aliphatic carboxylic acids is 2. The van der Waals surface area contributed by atoms with Crippen LogP contribution < -0.4 is 10.6 Å². The van der Waals surface area contributed by atoms with Gasteiger partial charge in [-0.15, -0.1) is 0 Å². The maximum atomic E-state index is 10.2. The maximum Gasteiger partial charge on any atom is 0.323 e. The molecule has 0 fully saturated rings. The Morgan fingerprint density at radius 1 is 1.21 bits per heavy atom. The topological polar surface area (TPSA) is 98.7 Å². The molecule has 0 radical (unpaired) electrons. The lowest BCUT2D eigenvalue weighted by Crippen LogP contribution is -2.44. The summed E-state index contributed by atoms with van der Waals surface area (Å²) in [6, 6.07) is 0. The Morgan fingerprint density at radius 3 is 1.64 bits per heavy atom. The van der Waals surface area contributed by atoms with Crippen LogP contribution in [0.2, 0.25) is 0 Å². The molecule has 0 aliphatic carbocycles. The van der Waals surface area contributed by atoms with Gasteiger partial charge in [-0.1, -0.05) is 0 Å². The number of carbonyl (C=O) groups is 2. The molecule has 0 aliphatic rings. The fourth-order valence-corrected chi connectivity index (χ4v) is 0.258. The number of nitrogens with one attached hydrogen (secondary N) is 2. The van der Waals surface area contributed by atoms with E-state index >= 15 is 0 Å². The van der Waals surface area contributed by atoms with Crippen molar-refractivity contribution in [3.8, 4) is 0 Å². The molecule has 0 spiro atoms. The summed E-state index contributed by atoms with van der Waals surface area (Å²) < 4.78 is 0. The van der Waals surface area contributed by atoms with Gasteiger partial charge in [0.25, 0.3) is 0 Å². The van der Waals surface area contributed by atoms with Crippen molar-refractivity contribution in [2.45, 2.75) is 19.4 Å². The summed E-state index contributed by atoms with van der Waals surface area (Å²) in [6.45, 7) is 3.25. The summed E-state index contributed by atoms with van der Waals surface area (Å²) in [6.07, 6.45) is 0. The van der Waals surface area contributed by atoms with Crippen molar-refractivity contribution < 1.29 is 19.8 Å². The molecule has 0 saturated heterocycles. The van der Waals surface area contributed by atoms with Crippen LogP contribution in [-0.4, -0.2) is 48.3 Å². The summed E-state index contributed by atoms with van der Waals surface area (Å²) in [7, 11) is 3.21. The Kier molecular flexibility index (Phi) is 7.98. The van der Waals surface area contributed by atoms with Crippen LogP contribution in [-0.2, 0) is 9.59 Å². The van der Waals surface area contributed by atoms with Gasteiger partial charge in [0.1, 0.15) is 5.54 Å². The number of carboxylic acid groups (broad SMARTS) is 2. The van der Waals surface area contributed by atoms with Crippen molar-refractivity contribution in [3.05, 3.63) is 0 Å². The van der Waals surface area contributed by atoms with Crippen LogP contribution in [0.4, 0.5) is 0 Å². The van der Waals surface area contributed by atoms with Gasteiger partial charge in [-0.05, 0) is 27.9 Å². The van der Waals surface area contributed by atoms with E-state index in [1.165, 1.54) is 0 Å². The van der Waals surface area contributed by atoms with Crippen molar-refractivity contribution in [2.24, 2.45) is 0 Å². The van der Waals surface area contributed by atoms with Gasteiger partial charge in [0, 0.05) is 0 Å². The zero-order valence-electron chi connectivity index (χ0n) is 8.92. The minimum atomic E-state index is -0.833. The summed E-state index contributed by atoms with van der Waals surface area (Å²) in [5.74, 6) is -1.66. The van der Waals surface area contributed by atoms with Gasteiger partial charge in [0.05, 0.1) is 6.54 Å². The summed E-state index contributed by atoms with van der Waals surface area (Å²) in [4.78, 5) is 19.7. The molecule has 0 heterocycles. The quantitative estimate of drug-likeness (QED) is 0.488. The van der Waals surface area contributed by atoms with E-state index in [4.69, 9.17) is 10.2 Å². The molecule has 0 rings (SSSR count). The molecule has 0 aromatic carbocycles. The van der Waals surface area contributed by atoms with Crippen LogP contribution in [0.3, 0.4) is 0 Å². The number of likely N-dealkylation sites (N-methyl/N-ethyl adjacent to an activating group) is 2. The van der Waals surface area contributed by atoms with E-state index in [-0.39, 0.29) is 6.54 Å². The van der Waals surface area contributed by atoms with Crippen molar-refractivity contribution in [1.82, 2.24) is 10.6 Å². The highest BCUT2D eigenvalue weighted by Crippen LogP contribution is 1.98. The zero-order chi connectivity index (χ0) is 11.8. The SMILES string of the molecule is CNC(C)(C)C(=O)O.CNCC(=O)O. The molecule has 0 saturated carbocycles. The van der Waals surface area contributed by atoms with Crippen molar-refractivity contribution in [1.29, 1.82) is 0 Å². The second-order valence-electron chi connectivity index (χ2n) is 3.10. The molecule has 4 N–H and O–H groups in total. The fourth-order valence-electron chi connectivity index (χ4n) is 0.258. The fraction of sp³-hybridized carbons (Fsp3) is 0.750. The molecule has 0 aliphatic heterocycles. The molecule has 14 heavy (non-hydrogen) atoms. The number of hydrogen-bond acceptors (Lipinski definition) is 4. The number of hydrogen-bond donors (Lipinski definition) is 4. The lowest BCUT2D eigenvalue weighted by Gasteiger charge is -2.16. The molecule has 6 nitrogen and oxygen atoms in total. The molecule has 0 amide bonds. The standard InChI is InChI=1S/C5H11NO2.C3H7NO2/c1-5(2,6-3)4(7)8;1-4-2-3(5)6/h6H,1-3H3,(H,7,8);4H,2H2,1H3,(H,5,6). The minimum Gasteiger partial charge on any atom is -0.480 e. The Morgan fingerprint density at radius 2 is 1.64 bits per heavy atom. The van der Waals surface area contributed by atoms with Gasteiger partial charge in [0.15, 0.2) is 0 Å². The first-order valence-corrected chi connectivity index (χ1v) is 4.06. The monoisotopic (exact) mass is 206 g/mol. The van der Waals surface area contributed by atoms with Crippen molar-refractivity contribution in [3.63, 3.8) is 0 Å². The minimum absolute atomic E-state index is 0.0417. The highest BCUT2D eigenvalue weighted by molar-refractivity contribution is 5.77. The van der Waals surface area contributed by atoms with E-state index < -0.39 is 17.5 Å². The zero-order valence-corrected chi connectivity index (χ0v) is 8.92. The third-order valence-electron chi connectivity index (χ3n) is 1.49. The van der Waals surface area contributed by atoms with E-state index in [1.54, 1.807) is 27.9 Å². The van der Waals surface area contributed by atoms with Gasteiger partial charge >= 0.3 is 11.9 Å². The molecule has 0 atom stereocenters. The maximum absolute atomic E-state index is 10.2. The first-order chi connectivity index (χ1) is 6.27. The van der Waals surface area contributed by atoms with Gasteiger partial charge < -0.3 is 20.8 Å². The average Bonchev–Trinajstić information content (AvgIpc) is 2.05. The molecule has 0 unspecified atom stereocenters. The van der Waals surface area contributed by atoms with Crippen LogP contribution in [0, 0.1) is 0 Å². The molecule has 6 heteroatoms. The third-order valence-corrected chi connectivity index (χ3v) is 1.49. The lowest BCUT2D eigenvalue weighted by atomic mass is 10.1. The van der Waals surface area contributed by atoms with E-state index in [2.05, 4.69) is 10.6 Å². The first kappa shape index (κ1) is 15.3. The highest BCUT2D eigenvalue weighted by atomic mass is 16.4. The molecular weight excluding hydrogens is 188 g/mol. The van der Waals surface area contributed by atoms with Crippen LogP contribution in [0.25, 0.3) is 0 Å². The van der Waals surface area contributed by atoms with E-state index in [0.29, 0.717) is 0 Å². The van der Waals surface area contributed by atoms with Gasteiger partial charge in [-0.3, -0.25) is 9.59 Å². The van der Waals surface area contributed by atoms with Crippen molar-refractivity contribution in [2.75, 3.05) is 20.6 Å². The summed E-state index contributed by atoms with van der Waals surface area (Å²) in [5, 5.41) is 21.3. The predicted octanol–water partition coefficient (Wildman–Crippen LogP) is -0.641. The predicted molar refractivity (Wildman–Crippen MR) is 52.3 cm³/mol. The Bertz CT molecular complexity index is 192. The third kappa shape index (κ3) is 8.95. The van der Waals surface area contributed by atoms with Crippen LogP contribution >= 0.6 is 0 Å². The number of rotatable bonds is 4. The second-order valence-corrected chi connectivity index (χ2v) is 3.10. The normalized spacial score (nSPS) is 10.0. The van der Waals surface area contributed by atoms with Crippen LogP contribution in [0.15, 0.2) is 0 Å². The number of carboxylic acids is 2. The van der Waals surface area contributed by atoms with Gasteiger partial charge in [-0.2, -0.15) is 0 Å². The summed E-state index contributed by atoms with van der Waals surface area (Å²) >= 11 is 0. The largest absolute Gasteiger partial charge is 0.480 e. The smallest absolute Gasteiger partial charge is 0.323 e. The second kappa shape index (κ2) is 7.28. The van der Waals surface area contributed by atoms with Crippen molar-refractivity contribution >= 4 is 11.9 Å². The molecule has 0 aromatic rings. The molecule has 84 valence electrons. The molecular formula is C8H18N2O4. The Labute approximate surface area is 83.3 Å². The van der Waals surface area contributed by atoms with E-state index in [9.17, 15) is 9.59 Å². The van der Waals surface area contributed by atoms with Crippen LogP contribution in [0.1, 0.15) is 13.8 Å². The Balaban J connectivity index is 0. The van der Waals surface area contributed by atoms with Gasteiger partial charge in [-0.25, -0.2) is 0 Å². The molecule has 0 aromatic heterocycles. The Hall–Kier alpha value is -1.14. The molecule has 0 bridgehead atoms. The van der Waals surface area contributed by atoms with Gasteiger partial charge in [0.2, 0.25) is 0 Å².